The molecule has 1 aliphatic heterocycles. The molecule has 1 fully saturated rings. The van der Waals surface area contributed by atoms with Crippen molar-refractivity contribution in [3.63, 3.8) is 0 Å². The van der Waals surface area contributed by atoms with Gasteiger partial charge >= 0.3 is 0 Å². The second-order valence-corrected chi connectivity index (χ2v) is 6.10. The molecule has 3 rings (SSSR count). The smallest absolute Gasteiger partial charge is 0.256 e. The predicted octanol–water partition coefficient (Wildman–Crippen LogP) is 3.20. The van der Waals surface area contributed by atoms with E-state index in [1.165, 1.54) is 0 Å². The molecule has 0 aliphatic carbocycles. The van der Waals surface area contributed by atoms with E-state index in [2.05, 4.69) is 28.9 Å². The maximum absolute atomic E-state index is 12.9. The molecule has 2 aromatic rings. The first-order valence-corrected chi connectivity index (χ1v) is 8.59. The lowest BCUT2D eigenvalue weighted by Crippen LogP contribution is -2.30. The van der Waals surface area contributed by atoms with Crippen molar-refractivity contribution in [1.82, 2.24) is 15.0 Å². The predicted molar refractivity (Wildman–Crippen MR) is 92.0 cm³/mol. The van der Waals surface area contributed by atoms with Gasteiger partial charge in [-0.15, -0.1) is 0 Å². The average molecular weight is 328 g/mol. The van der Waals surface area contributed by atoms with Gasteiger partial charge in [0.05, 0.1) is 17.3 Å². The van der Waals surface area contributed by atoms with Crippen LogP contribution < -0.4 is 4.90 Å². The van der Waals surface area contributed by atoms with Crippen LogP contribution in [0.2, 0.25) is 0 Å². The largest absolute Gasteiger partial charge is 0.359 e. The number of carbonyl (C=O) groups excluding carboxylic acids is 1. The molecule has 1 saturated heterocycles. The number of amides is 1. The van der Waals surface area contributed by atoms with Gasteiger partial charge < -0.3 is 14.3 Å². The van der Waals surface area contributed by atoms with Crippen molar-refractivity contribution < 1.29 is 9.32 Å². The number of carbonyl (C=O) groups is 1. The van der Waals surface area contributed by atoms with E-state index < -0.39 is 0 Å². The van der Waals surface area contributed by atoms with E-state index >= 15 is 0 Å². The van der Waals surface area contributed by atoms with E-state index in [0.29, 0.717) is 5.56 Å². The van der Waals surface area contributed by atoms with E-state index in [1.807, 2.05) is 30.0 Å². The highest BCUT2D eigenvalue weighted by molar-refractivity contribution is 5.94. The number of aryl methyl sites for hydroxylation is 1. The third kappa shape index (κ3) is 3.13. The highest BCUT2D eigenvalue weighted by Crippen LogP contribution is 2.33. The quantitative estimate of drug-likeness (QED) is 0.843. The van der Waals surface area contributed by atoms with E-state index in [0.717, 1.165) is 49.7 Å². The zero-order valence-electron chi connectivity index (χ0n) is 14.5. The minimum absolute atomic E-state index is 0.00477. The molecule has 6 heteroatoms. The van der Waals surface area contributed by atoms with Crippen LogP contribution >= 0.6 is 0 Å². The summed E-state index contributed by atoms with van der Waals surface area (Å²) in [4.78, 5) is 21.4. The molecule has 0 unspecified atom stereocenters. The Morgan fingerprint density at radius 2 is 2.17 bits per heavy atom. The molecular formula is C18H24N4O2. The summed E-state index contributed by atoms with van der Waals surface area (Å²) < 4.78 is 5.38. The van der Waals surface area contributed by atoms with Crippen LogP contribution in [0.4, 0.5) is 5.82 Å². The Morgan fingerprint density at radius 1 is 1.38 bits per heavy atom. The molecule has 1 atom stereocenters. The highest BCUT2D eigenvalue weighted by Gasteiger charge is 2.33. The summed E-state index contributed by atoms with van der Waals surface area (Å²) in [7, 11) is 0. The summed E-state index contributed by atoms with van der Waals surface area (Å²) in [5.74, 6) is 1.68. The average Bonchev–Trinajstić information content (AvgIpc) is 3.24. The fourth-order valence-electron chi connectivity index (χ4n) is 3.26. The fourth-order valence-corrected chi connectivity index (χ4v) is 3.26. The van der Waals surface area contributed by atoms with Gasteiger partial charge in [-0.3, -0.25) is 4.79 Å². The summed E-state index contributed by atoms with van der Waals surface area (Å²) in [6.45, 7) is 8.62. The molecule has 0 radical (unpaired) electrons. The van der Waals surface area contributed by atoms with Gasteiger partial charge in [-0.2, -0.15) is 0 Å². The summed E-state index contributed by atoms with van der Waals surface area (Å²) in [6, 6.07) is 5.67. The zero-order chi connectivity index (χ0) is 17.1. The number of nitrogens with zero attached hydrogens (tertiary/aromatic N) is 4. The van der Waals surface area contributed by atoms with Crippen molar-refractivity contribution in [3.05, 3.63) is 41.4 Å². The minimum Gasteiger partial charge on any atom is -0.359 e. The summed E-state index contributed by atoms with van der Waals surface area (Å²) in [5, 5.41) is 3.95. The maximum atomic E-state index is 12.9. The van der Waals surface area contributed by atoms with Gasteiger partial charge in [-0.05, 0) is 45.7 Å². The molecular weight excluding hydrogens is 304 g/mol. The van der Waals surface area contributed by atoms with E-state index in [4.69, 9.17) is 4.52 Å². The first kappa shape index (κ1) is 16.5. The number of hydrogen-bond acceptors (Lipinski definition) is 5. The van der Waals surface area contributed by atoms with Crippen molar-refractivity contribution in [1.29, 1.82) is 0 Å². The lowest BCUT2D eigenvalue weighted by Gasteiger charge is -2.23. The molecule has 6 nitrogen and oxygen atoms in total. The van der Waals surface area contributed by atoms with Crippen LogP contribution in [0.5, 0.6) is 0 Å². The van der Waals surface area contributed by atoms with Crippen molar-refractivity contribution in [2.24, 2.45) is 0 Å². The Kier molecular flexibility index (Phi) is 4.83. The van der Waals surface area contributed by atoms with Crippen molar-refractivity contribution in [2.75, 3.05) is 24.5 Å². The molecule has 3 heterocycles. The van der Waals surface area contributed by atoms with Crippen LogP contribution in [0.1, 0.15) is 54.5 Å². The Bertz CT molecular complexity index is 691. The number of hydrogen-bond donors (Lipinski definition) is 0. The molecule has 128 valence electrons. The number of anilines is 1. The molecule has 0 aromatic carbocycles. The maximum Gasteiger partial charge on any atom is 0.256 e. The Labute approximate surface area is 142 Å². The monoisotopic (exact) mass is 328 g/mol. The zero-order valence-corrected chi connectivity index (χ0v) is 14.5. The molecule has 0 bridgehead atoms. The Hall–Kier alpha value is -2.37. The second-order valence-electron chi connectivity index (χ2n) is 6.10. The molecule has 1 amide bonds. The van der Waals surface area contributed by atoms with Crippen molar-refractivity contribution in [2.45, 2.75) is 39.7 Å². The van der Waals surface area contributed by atoms with Crippen LogP contribution in [0.3, 0.4) is 0 Å². The third-order valence-corrected chi connectivity index (χ3v) is 4.57. The third-order valence-electron chi connectivity index (χ3n) is 4.57. The normalized spacial score (nSPS) is 17.3. The van der Waals surface area contributed by atoms with Gasteiger partial charge in [0.1, 0.15) is 5.82 Å². The fraction of sp³-hybridized carbons (Fsp3) is 0.500. The Morgan fingerprint density at radius 3 is 2.75 bits per heavy atom. The van der Waals surface area contributed by atoms with Gasteiger partial charge in [0.2, 0.25) is 0 Å². The second kappa shape index (κ2) is 7.03. The number of pyridine rings is 1. The SMILES string of the molecule is CCN(CC)c1ccc(C(=O)N2CCC[C@@H]2c2cc(C)no2)cn1. The van der Waals surface area contributed by atoms with Crippen LogP contribution in [0.15, 0.2) is 28.9 Å². The number of likely N-dealkylation sites (tertiary alicyclic amines) is 1. The number of aromatic nitrogens is 2. The minimum atomic E-state index is -0.0267. The molecule has 1 aliphatic rings. The first-order valence-electron chi connectivity index (χ1n) is 8.59. The number of rotatable bonds is 5. The van der Waals surface area contributed by atoms with Gasteiger partial charge in [0.15, 0.2) is 5.76 Å². The van der Waals surface area contributed by atoms with Gasteiger partial charge in [0, 0.05) is 31.9 Å². The highest BCUT2D eigenvalue weighted by atomic mass is 16.5. The van der Waals surface area contributed by atoms with E-state index in [-0.39, 0.29) is 11.9 Å². The molecule has 2 aromatic heterocycles. The molecule has 0 spiro atoms. The summed E-state index contributed by atoms with van der Waals surface area (Å²) in [5.41, 5.74) is 1.46. The van der Waals surface area contributed by atoms with Crippen molar-refractivity contribution in [3.8, 4) is 0 Å². The van der Waals surface area contributed by atoms with E-state index in [9.17, 15) is 4.79 Å². The van der Waals surface area contributed by atoms with Crippen molar-refractivity contribution >= 4 is 11.7 Å². The molecule has 0 saturated carbocycles. The van der Waals surface area contributed by atoms with Crippen LogP contribution in [-0.2, 0) is 0 Å². The van der Waals surface area contributed by atoms with Crippen LogP contribution in [0.25, 0.3) is 0 Å². The summed E-state index contributed by atoms with van der Waals surface area (Å²) in [6.07, 6.45) is 3.56. The lowest BCUT2D eigenvalue weighted by atomic mass is 10.1. The van der Waals surface area contributed by atoms with E-state index in [1.54, 1.807) is 6.20 Å². The topological polar surface area (TPSA) is 62.5 Å². The summed E-state index contributed by atoms with van der Waals surface area (Å²) >= 11 is 0. The van der Waals surface area contributed by atoms with Crippen LogP contribution in [0, 0.1) is 6.92 Å². The Balaban J connectivity index is 1.78. The molecule has 0 N–H and O–H groups in total. The lowest BCUT2D eigenvalue weighted by molar-refractivity contribution is 0.0714. The molecule has 24 heavy (non-hydrogen) atoms. The van der Waals surface area contributed by atoms with Gasteiger partial charge in [-0.1, -0.05) is 5.16 Å². The standard InChI is InChI=1S/C18H24N4O2/c1-4-21(5-2)17-9-8-14(12-19-17)18(23)22-10-6-7-15(22)16-11-13(3)20-24-16/h8-9,11-12,15H,4-7,10H2,1-3H3/t15-/m1/s1. The first-order chi connectivity index (χ1) is 11.6. The van der Waals surface area contributed by atoms with Crippen LogP contribution in [-0.4, -0.2) is 40.6 Å². The van der Waals surface area contributed by atoms with Gasteiger partial charge in [0.25, 0.3) is 5.91 Å². The van der Waals surface area contributed by atoms with Gasteiger partial charge in [-0.25, -0.2) is 4.98 Å².